The minimum atomic E-state index is -4.89. The molecule has 0 saturated heterocycles. The summed E-state index contributed by atoms with van der Waals surface area (Å²) < 4.78 is 65.5. The van der Waals surface area contributed by atoms with Crippen molar-refractivity contribution in [1.29, 1.82) is 0 Å². The fraction of sp³-hybridized carbons (Fsp3) is 0.892. The predicted octanol–water partition coefficient (Wildman–Crippen LogP) is 7.41. The number of esters is 4. The molecule has 0 spiro atoms. The second-order valence-corrected chi connectivity index (χ2v) is 16.5. The third kappa shape index (κ3) is 33.1. The molecule has 3 N–H and O–H groups in total. The van der Waals surface area contributed by atoms with Gasteiger partial charge >= 0.3 is 39.5 Å². The maximum atomic E-state index is 12.6. The predicted molar refractivity (Wildman–Crippen MR) is 206 cm³/mol. The van der Waals surface area contributed by atoms with Crippen molar-refractivity contribution >= 4 is 39.5 Å². The number of ether oxygens (including phenoxy) is 4. The lowest BCUT2D eigenvalue weighted by atomic mass is 10.1. The summed E-state index contributed by atoms with van der Waals surface area (Å²) in [5.41, 5.74) is 0. The van der Waals surface area contributed by atoms with Crippen LogP contribution in [-0.4, -0.2) is 96.7 Å². The zero-order valence-corrected chi connectivity index (χ0v) is 35.9. The van der Waals surface area contributed by atoms with Crippen molar-refractivity contribution < 1.29 is 80.2 Å². The van der Waals surface area contributed by atoms with E-state index in [0.29, 0.717) is 25.7 Å². The van der Waals surface area contributed by atoms with E-state index >= 15 is 0 Å². The number of aliphatic hydroxyl groups excluding tert-OH is 1. The van der Waals surface area contributed by atoms with Crippen molar-refractivity contribution in [2.24, 2.45) is 0 Å². The summed E-state index contributed by atoms with van der Waals surface area (Å²) in [5.74, 6) is -2.26. The molecule has 0 aromatic carbocycles. The number of phosphoric acid groups is 2. The number of phosphoric ester groups is 2. The van der Waals surface area contributed by atoms with Gasteiger partial charge in [0.2, 0.25) is 0 Å². The molecule has 0 amide bonds. The molecule has 0 aromatic heterocycles. The molecule has 0 aliphatic carbocycles. The van der Waals surface area contributed by atoms with Crippen LogP contribution in [0.15, 0.2) is 0 Å². The molecule has 17 nitrogen and oxygen atoms in total. The highest BCUT2D eigenvalue weighted by molar-refractivity contribution is 7.47. The van der Waals surface area contributed by atoms with Gasteiger partial charge in [0.15, 0.2) is 12.2 Å². The standard InChI is InChI=1S/C37H70O17P2/c1-5-9-13-15-16-17-20-24-37(42)54-32(27-47-34(39)21-12-8-4)29-51-55(43,44)49-25-31(38)26-50-56(45,46)52-30-33(28-48-35(40)22-18-11-7-3)53-36(41)23-19-14-10-6-2/h31-33,38H,5-30H2,1-4H3,(H,43,44)(H,45,46)/t31-,32-,33-/m1/s1. The van der Waals surface area contributed by atoms with E-state index in [1.54, 1.807) is 0 Å². The first-order valence-electron chi connectivity index (χ1n) is 20.3. The Morgan fingerprint density at radius 2 is 0.732 bits per heavy atom. The maximum Gasteiger partial charge on any atom is 0.472 e. The van der Waals surface area contributed by atoms with Crippen LogP contribution < -0.4 is 0 Å². The fourth-order valence-electron chi connectivity index (χ4n) is 4.84. The van der Waals surface area contributed by atoms with Crippen LogP contribution in [0, 0.1) is 0 Å². The van der Waals surface area contributed by atoms with Gasteiger partial charge in [-0.2, -0.15) is 0 Å². The lowest BCUT2D eigenvalue weighted by Crippen LogP contribution is -2.30. The second-order valence-electron chi connectivity index (χ2n) is 13.6. The third-order valence-corrected chi connectivity index (χ3v) is 10.0. The topological polar surface area (TPSA) is 237 Å². The first kappa shape index (κ1) is 54.1. The summed E-state index contributed by atoms with van der Waals surface area (Å²) in [4.78, 5) is 69.3. The van der Waals surface area contributed by atoms with Crippen molar-refractivity contribution in [3.63, 3.8) is 0 Å². The first-order chi connectivity index (χ1) is 26.7. The van der Waals surface area contributed by atoms with E-state index in [0.717, 1.165) is 77.0 Å². The average molecular weight is 849 g/mol. The van der Waals surface area contributed by atoms with Crippen molar-refractivity contribution in [3.05, 3.63) is 0 Å². The number of rotatable bonds is 38. The van der Waals surface area contributed by atoms with Crippen LogP contribution in [-0.2, 0) is 65.4 Å². The summed E-state index contributed by atoms with van der Waals surface area (Å²) in [6.45, 7) is 4.05. The van der Waals surface area contributed by atoms with Crippen LogP contribution >= 0.6 is 15.6 Å². The number of unbranched alkanes of at least 4 members (excludes halogenated alkanes) is 12. The Labute approximate surface area is 333 Å². The van der Waals surface area contributed by atoms with Gasteiger partial charge in [-0.1, -0.05) is 105 Å². The van der Waals surface area contributed by atoms with E-state index in [9.17, 15) is 43.2 Å². The van der Waals surface area contributed by atoms with E-state index < -0.39 is 97.5 Å². The van der Waals surface area contributed by atoms with E-state index in [2.05, 4.69) is 6.92 Å². The summed E-state index contributed by atoms with van der Waals surface area (Å²) in [5, 5.41) is 10.2. The first-order valence-corrected chi connectivity index (χ1v) is 23.3. The van der Waals surface area contributed by atoms with Gasteiger partial charge in [0.25, 0.3) is 0 Å². The SMILES string of the molecule is CCCCCCCCCC(=O)O[C@H](COC(=O)CCCC)COP(=O)(O)OC[C@@H](O)COP(=O)(O)OC[C@@H](COC(=O)CCCCC)OC(=O)CCCCCC. The Balaban J connectivity index is 5.02. The summed E-state index contributed by atoms with van der Waals surface area (Å²) in [7, 11) is -9.78. The minimum Gasteiger partial charge on any atom is -0.462 e. The summed E-state index contributed by atoms with van der Waals surface area (Å²) in [6.07, 6.45) is 10.2. The van der Waals surface area contributed by atoms with E-state index in [1.165, 1.54) is 0 Å². The quantitative estimate of drug-likeness (QED) is 0.0237. The monoisotopic (exact) mass is 848 g/mol. The lowest BCUT2D eigenvalue weighted by molar-refractivity contribution is -0.161. The third-order valence-electron chi connectivity index (χ3n) is 8.10. The van der Waals surface area contributed by atoms with E-state index in [1.807, 2.05) is 20.8 Å². The molecule has 0 fully saturated rings. The largest absolute Gasteiger partial charge is 0.472 e. The normalized spacial score (nSPS) is 15.2. The number of aliphatic hydroxyl groups is 1. The molecule has 0 rings (SSSR count). The van der Waals surface area contributed by atoms with Crippen LogP contribution in [0.5, 0.6) is 0 Å². The molecule has 0 saturated carbocycles. The number of carbonyl (C=O) groups excluding carboxylic acids is 4. The molecule has 0 radical (unpaired) electrons. The van der Waals surface area contributed by atoms with Crippen molar-refractivity contribution in [2.75, 3.05) is 39.6 Å². The zero-order chi connectivity index (χ0) is 42.1. The van der Waals surface area contributed by atoms with Crippen LogP contribution in [0.2, 0.25) is 0 Å². The van der Waals surface area contributed by atoms with Gasteiger partial charge in [0.1, 0.15) is 19.3 Å². The highest BCUT2D eigenvalue weighted by Gasteiger charge is 2.30. The van der Waals surface area contributed by atoms with Crippen LogP contribution in [0.1, 0.15) is 156 Å². The summed E-state index contributed by atoms with van der Waals surface area (Å²) in [6, 6.07) is 0. The average Bonchev–Trinajstić information content (AvgIpc) is 3.16. The van der Waals surface area contributed by atoms with Gasteiger partial charge in [-0.05, 0) is 25.7 Å². The van der Waals surface area contributed by atoms with Crippen molar-refractivity contribution in [2.45, 2.75) is 174 Å². The molecule has 56 heavy (non-hydrogen) atoms. The Morgan fingerprint density at radius 1 is 0.429 bits per heavy atom. The molecule has 2 unspecified atom stereocenters. The van der Waals surface area contributed by atoms with Crippen LogP contribution in [0.3, 0.4) is 0 Å². The molecule has 0 aliphatic heterocycles. The van der Waals surface area contributed by atoms with Gasteiger partial charge in [0, 0.05) is 25.7 Å². The maximum absolute atomic E-state index is 12.6. The Morgan fingerprint density at radius 3 is 1.16 bits per heavy atom. The van der Waals surface area contributed by atoms with Crippen LogP contribution in [0.25, 0.3) is 0 Å². The lowest BCUT2D eigenvalue weighted by Gasteiger charge is -2.21. The van der Waals surface area contributed by atoms with Crippen molar-refractivity contribution in [1.82, 2.24) is 0 Å². The molecule has 330 valence electrons. The van der Waals surface area contributed by atoms with Gasteiger partial charge in [0.05, 0.1) is 26.4 Å². The fourth-order valence-corrected chi connectivity index (χ4v) is 6.42. The van der Waals surface area contributed by atoms with Gasteiger partial charge in [-0.15, -0.1) is 0 Å². The molecule has 0 heterocycles. The Hall–Kier alpha value is -1.94. The molecule has 0 bridgehead atoms. The van der Waals surface area contributed by atoms with Crippen LogP contribution in [0.4, 0.5) is 0 Å². The highest BCUT2D eigenvalue weighted by Crippen LogP contribution is 2.45. The number of hydrogen-bond donors (Lipinski definition) is 3. The Bertz CT molecular complexity index is 1150. The molecule has 5 atom stereocenters. The Kier molecular flexibility index (Phi) is 32.8. The minimum absolute atomic E-state index is 0.0937. The number of hydrogen-bond acceptors (Lipinski definition) is 15. The zero-order valence-electron chi connectivity index (χ0n) is 34.1. The molecule has 0 aromatic rings. The smallest absolute Gasteiger partial charge is 0.462 e. The van der Waals surface area contributed by atoms with Gasteiger partial charge in [-0.25, -0.2) is 9.13 Å². The van der Waals surface area contributed by atoms with E-state index in [4.69, 9.17) is 37.0 Å². The highest BCUT2D eigenvalue weighted by atomic mass is 31.2. The van der Waals surface area contributed by atoms with Crippen molar-refractivity contribution in [3.8, 4) is 0 Å². The van der Waals surface area contributed by atoms with Gasteiger partial charge in [-0.3, -0.25) is 37.3 Å². The van der Waals surface area contributed by atoms with Gasteiger partial charge < -0.3 is 33.8 Å². The number of carbonyl (C=O) groups is 4. The summed E-state index contributed by atoms with van der Waals surface area (Å²) >= 11 is 0. The second kappa shape index (κ2) is 34.0. The molecule has 19 heteroatoms. The molecular weight excluding hydrogens is 778 g/mol. The van der Waals surface area contributed by atoms with E-state index in [-0.39, 0.29) is 25.7 Å². The molecular formula is C37H70O17P2. The molecule has 0 aliphatic rings.